The molecule has 1 aromatic rings. The minimum Gasteiger partial charge on any atom is -0.352 e. The Morgan fingerprint density at radius 1 is 1.39 bits per heavy atom. The van der Waals surface area contributed by atoms with Gasteiger partial charge >= 0.3 is 5.25 Å². The lowest BCUT2D eigenvalue weighted by Gasteiger charge is -2.16. The molecule has 1 aliphatic heterocycles. The van der Waals surface area contributed by atoms with Crippen molar-refractivity contribution in [2.24, 2.45) is 4.99 Å². The van der Waals surface area contributed by atoms with Crippen LogP contribution in [0, 0.1) is 12.3 Å². The fourth-order valence-corrected chi connectivity index (χ4v) is 3.36. The molecular weight excluding hydrogens is 276 g/mol. The van der Waals surface area contributed by atoms with Gasteiger partial charge in [-0.15, -0.1) is 6.42 Å². The Kier molecular flexibility index (Phi) is 3.66. The molecule has 0 saturated carbocycles. The van der Waals surface area contributed by atoms with Crippen molar-refractivity contribution in [2.75, 3.05) is 5.75 Å². The SMILES string of the molecule is C#CCSC1(O)N=C(c2ccccc2)C(F)(F)S1. The highest BCUT2D eigenvalue weighted by Gasteiger charge is 2.53. The van der Waals surface area contributed by atoms with Crippen molar-refractivity contribution < 1.29 is 13.9 Å². The van der Waals surface area contributed by atoms with Gasteiger partial charge < -0.3 is 5.11 Å². The number of benzene rings is 1. The van der Waals surface area contributed by atoms with E-state index < -0.39 is 15.4 Å². The first-order valence-corrected chi connectivity index (χ1v) is 6.80. The van der Waals surface area contributed by atoms with Crippen molar-refractivity contribution in [1.82, 2.24) is 0 Å². The van der Waals surface area contributed by atoms with Gasteiger partial charge in [-0.2, -0.15) is 8.78 Å². The van der Waals surface area contributed by atoms with Crippen LogP contribution in [-0.2, 0) is 0 Å². The number of thioether (sulfide) groups is 2. The van der Waals surface area contributed by atoms with Crippen LogP contribution in [0.4, 0.5) is 8.78 Å². The zero-order valence-corrected chi connectivity index (χ0v) is 10.8. The van der Waals surface area contributed by atoms with Crippen molar-refractivity contribution in [2.45, 2.75) is 9.64 Å². The van der Waals surface area contributed by atoms with Crippen LogP contribution in [0.15, 0.2) is 35.3 Å². The molecule has 2 rings (SSSR count). The van der Waals surface area contributed by atoms with Gasteiger partial charge in [-0.25, -0.2) is 4.99 Å². The number of hydrogen-bond donors (Lipinski definition) is 1. The fraction of sp³-hybridized carbons (Fsp3) is 0.250. The normalized spacial score (nSPS) is 25.6. The Morgan fingerprint density at radius 2 is 2.06 bits per heavy atom. The average molecular weight is 285 g/mol. The van der Waals surface area contributed by atoms with Gasteiger partial charge in [-0.1, -0.05) is 48.0 Å². The lowest BCUT2D eigenvalue weighted by molar-refractivity contribution is 0.184. The van der Waals surface area contributed by atoms with Crippen LogP contribution in [0.5, 0.6) is 0 Å². The summed E-state index contributed by atoms with van der Waals surface area (Å²) >= 11 is 0.901. The van der Waals surface area contributed by atoms with Crippen LogP contribution >= 0.6 is 23.5 Å². The van der Waals surface area contributed by atoms with Crippen LogP contribution in [0.2, 0.25) is 0 Å². The maximum absolute atomic E-state index is 13.8. The highest BCUT2D eigenvalue weighted by molar-refractivity contribution is 8.19. The number of halogens is 2. The van der Waals surface area contributed by atoms with E-state index in [9.17, 15) is 13.9 Å². The Bertz CT molecular complexity index is 513. The lowest BCUT2D eigenvalue weighted by atomic mass is 10.1. The van der Waals surface area contributed by atoms with Gasteiger partial charge in [0.05, 0.1) is 5.75 Å². The molecule has 0 aliphatic carbocycles. The molecule has 0 radical (unpaired) electrons. The molecule has 1 aromatic carbocycles. The second-order valence-electron chi connectivity index (χ2n) is 3.49. The minimum atomic E-state index is -3.22. The molecule has 1 aliphatic rings. The summed E-state index contributed by atoms with van der Waals surface area (Å²) in [5.41, 5.74) is -0.118. The minimum absolute atomic E-state index is 0.0990. The van der Waals surface area contributed by atoms with Crippen molar-refractivity contribution in [3.05, 3.63) is 35.9 Å². The van der Waals surface area contributed by atoms with E-state index in [2.05, 4.69) is 10.9 Å². The van der Waals surface area contributed by atoms with Crippen LogP contribution in [0.1, 0.15) is 5.56 Å². The number of aliphatic imine (C=N–C) groups is 1. The van der Waals surface area contributed by atoms with E-state index in [4.69, 9.17) is 6.42 Å². The molecule has 6 heteroatoms. The summed E-state index contributed by atoms with van der Waals surface area (Å²) in [6.45, 7) is 0. The molecule has 1 unspecified atom stereocenters. The van der Waals surface area contributed by atoms with E-state index in [1.807, 2.05) is 0 Å². The van der Waals surface area contributed by atoms with E-state index in [0.29, 0.717) is 5.56 Å². The van der Waals surface area contributed by atoms with Crippen molar-refractivity contribution in [3.8, 4) is 12.3 Å². The molecule has 0 aromatic heterocycles. The molecule has 0 bridgehead atoms. The maximum Gasteiger partial charge on any atom is 0.341 e. The Morgan fingerprint density at radius 3 is 2.67 bits per heavy atom. The van der Waals surface area contributed by atoms with Gasteiger partial charge in [-0.05, 0) is 11.8 Å². The quantitative estimate of drug-likeness (QED) is 0.684. The third-order valence-electron chi connectivity index (χ3n) is 2.18. The van der Waals surface area contributed by atoms with Gasteiger partial charge in [0.25, 0.3) is 4.39 Å². The van der Waals surface area contributed by atoms with E-state index in [-0.39, 0.29) is 17.5 Å². The third kappa shape index (κ3) is 2.69. The largest absolute Gasteiger partial charge is 0.352 e. The summed E-state index contributed by atoms with van der Waals surface area (Å²) in [5.74, 6) is 2.39. The zero-order chi connectivity index (χ0) is 13.2. The van der Waals surface area contributed by atoms with Gasteiger partial charge in [-0.3, -0.25) is 0 Å². The number of alkyl halides is 2. The van der Waals surface area contributed by atoms with Gasteiger partial charge in [0.2, 0.25) is 0 Å². The number of terminal acetylenes is 1. The molecular formula is C12H9F2NOS2. The van der Waals surface area contributed by atoms with Gasteiger partial charge in [0.1, 0.15) is 5.71 Å². The Hall–Kier alpha value is -1.03. The monoisotopic (exact) mass is 285 g/mol. The van der Waals surface area contributed by atoms with E-state index >= 15 is 0 Å². The summed E-state index contributed by atoms with van der Waals surface area (Å²) in [7, 11) is 0. The van der Waals surface area contributed by atoms with Gasteiger partial charge in [0, 0.05) is 5.56 Å². The number of hydrogen-bond acceptors (Lipinski definition) is 4. The predicted molar refractivity (Wildman–Crippen MR) is 71.8 cm³/mol. The van der Waals surface area contributed by atoms with Crippen LogP contribution in [0.3, 0.4) is 0 Å². The third-order valence-corrected chi connectivity index (χ3v) is 4.37. The second-order valence-corrected chi connectivity index (χ2v) is 6.18. The van der Waals surface area contributed by atoms with Crippen LogP contribution in [0.25, 0.3) is 0 Å². The number of aliphatic hydroxyl groups is 1. The molecule has 0 fully saturated rings. The molecule has 0 spiro atoms. The fourth-order valence-electron chi connectivity index (χ4n) is 1.47. The number of nitrogens with zero attached hydrogens (tertiary/aromatic N) is 1. The predicted octanol–water partition coefficient (Wildman–Crippen LogP) is 2.79. The molecule has 18 heavy (non-hydrogen) atoms. The summed E-state index contributed by atoms with van der Waals surface area (Å²) in [6, 6.07) is 8.08. The smallest absolute Gasteiger partial charge is 0.341 e. The topological polar surface area (TPSA) is 32.6 Å². The van der Waals surface area contributed by atoms with Crippen molar-refractivity contribution >= 4 is 29.2 Å². The molecule has 0 amide bonds. The first-order chi connectivity index (χ1) is 8.47. The van der Waals surface area contributed by atoms with Crippen LogP contribution < -0.4 is 0 Å². The average Bonchev–Trinajstić information content (AvgIpc) is 2.58. The Labute approximate surface area is 112 Å². The molecule has 0 saturated heterocycles. The first-order valence-electron chi connectivity index (χ1n) is 5.00. The van der Waals surface area contributed by atoms with Crippen molar-refractivity contribution in [3.63, 3.8) is 0 Å². The van der Waals surface area contributed by atoms with E-state index in [1.165, 1.54) is 12.1 Å². The second kappa shape index (κ2) is 4.92. The summed E-state index contributed by atoms with van der Waals surface area (Å²) < 4.78 is 25.7. The molecule has 1 N–H and O–H groups in total. The van der Waals surface area contributed by atoms with Crippen molar-refractivity contribution in [1.29, 1.82) is 0 Å². The Balaban J connectivity index is 2.34. The molecule has 94 valence electrons. The van der Waals surface area contributed by atoms with E-state index in [0.717, 1.165) is 11.8 Å². The highest BCUT2D eigenvalue weighted by Crippen LogP contribution is 2.52. The molecule has 1 heterocycles. The lowest BCUT2D eigenvalue weighted by Crippen LogP contribution is -2.22. The summed E-state index contributed by atoms with van der Waals surface area (Å²) in [4.78, 5) is 3.73. The van der Waals surface area contributed by atoms with Gasteiger partial charge in [0.15, 0.2) is 0 Å². The number of rotatable bonds is 3. The van der Waals surface area contributed by atoms with Crippen LogP contribution in [-0.4, -0.2) is 26.2 Å². The maximum atomic E-state index is 13.8. The molecule has 1 atom stereocenters. The summed E-state index contributed by atoms with van der Waals surface area (Å²) in [6.07, 6.45) is 5.05. The first kappa shape index (κ1) is 13.4. The molecule has 2 nitrogen and oxygen atoms in total. The highest BCUT2D eigenvalue weighted by atomic mass is 32.2. The summed E-state index contributed by atoms with van der Waals surface area (Å²) in [5, 5.41) is 6.73. The van der Waals surface area contributed by atoms with E-state index in [1.54, 1.807) is 18.2 Å². The zero-order valence-electron chi connectivity index (χ0n) is 9.14. The standard InChI is InChI=1S/C12H9F2NOS2/c1-2-8-17-12(16)15-10(11(13,14)18-12)9-6-4-3-5-7-9/h1,3-7,16H,8H2.